The van der Waals surface area contributed by atoms with Gasteiger partial charge in [-0.05, 0) is 36.6 Å². The number of anilines is 1. The number of carbonyl (C=O) groups excluding carboxylic acids is 3. The molecule has 0 aliphatic rings. The van der Waals surface area contributed by atoms with E-state index in [-0.39, 0.29) is 12.5 Å². The Morgan fingerprint density at radius 3 is 2.70 bits per heavy atom. The van der Waals surface area contributed by atoms with Crippen LogP contribution in [-0.4, -0.2) is 30.9 Å². The number of amides is 2. The summed E-state index contributed by atoms with van der Waals surface area (Å²) >= 11 is 1.25. The van der Waals surface area contributed by atoms with Crippen molar-refractivity contribution in [2.75, 3.05) is 18.5 Å². The van der Waals surface area contributed by atoms with E-state index in [1.807, 2.05) is 6.92 Å². The topological polar surface area (TPSA) is 84.5 Å². The summed E-state index contributed by atoms with van der Waals surface area (Å²) in [4.78, 5) is 35.6. The number of benzene rings is 1. The second-order valence-electron chi connectivity index (χ2n) is 4.54. The number of thiophene rings is 1. The van der Waals surface area contributed by atoms with E-state index >= 15 is 0 Å². The molecule has 0 radical (unpaired) electrons. The molecule has 0 saturated heterocycles. The zero-order valence-corrected chi connectivity index (χ0v) is 13.3. The molecule has 23 heavy (non-hydrogen) atoms. The molecule has 2 aromatic rings. The first-order valence-electron chi connectivity index (χ1n) is 6.99. The van der Waals surface area contributed by atoms with Crippen LogP contribution in [0.3, 0.4) is 0 Å². The van der Waals surface area contributed by atoms with Crippen molar-refractivity contribution in [3.63, 3.8) is 0 Å². The average Bonchev–Trinajstić information content (AvgIpc) is 3.07. The monoisotopic (exact) mass is 332 g/mol. The first-order chi connectivity index (χ1) is 11.1. The highest BCUT2D eigenvalue weighted by Crippen LogP contribution is 2.12. The van der Waals surface area contributed by atoms with E-state index in [0.29, 0.717) is 22.7 Å². The summed E-state index contributed by atoms with van der Waals surface area (Å²) in [6, 6.07) is 9.88. The van der Waals surface area contributed by atoms with Gasteiger partial charge in [-0.2, -0.15) is 0 Å². The third-order valence-corrected chi connectivity index (χ3v) is 3.65. The summed E-state index contributed by atoms with van der Waals surface area (Å²) in [6.45, 7) is 1.96. The predicted molar refractivity (Wildman–Crippen MR) is 87.7 cm³/mol. The molecule has 0 fully saturated rings. The van der Waals surface area contributed by atoms with E-state index in [0.717, 1.165) is 0 Å². The molecule has 0 aliphatic heterocycles. The molecule has 1 aromatic carbocycles. The molecule has 2 amide bonds. The normalized spacial score (nSPS) is 9.96. The van der Waals surface area contributed by atoms with Gasteiger partial charge in [0.2, 0.25) is 0 Å². The van der Waals surface area contributed by atoms with Crippen molar-refractivity contribution in [3.05, 3.63) is 52.2 Å². The number of hydrogen-bond donors (Lipinski definition) is 2. The first kappa shape index (κ1) is 16.7. The number of nitrogens with one attached hydrogen (secondary N) is 2. The smallest absolute Gasteiger partial charge is 0.348 e. The van der Waals surface area contributed by atoms with Crippen LogP contribution in [0, 0.1) is 0 Å². The van der Waals surface area contributed by atoms with Crippen LogP contribution in [0.15, 0.2) is 41.8 Å². The number of ether oxygens (including phenoxy) is 1. The van der Waals surface area contributed by atoms with E-state index in [1.54, 1.807) is 41.8 Å². The molecule has 1 aromatic heterocycles. The highest BCUT2D eigenvalue weighted by atomic mass is 32.1. The maximum Gasteiger partial charge on any atom is 0.348 e. The lowest BCUT2D eigenvalue weighted by Crippen LogP contribution is -2.23. The Morgan fingerprint density at radius 2 is 2.00 bits per heavy atom. The van der Waals surface area contributed by atoms with Crippen LogP contribution >= 0.6 is 11.3 Å². The van der Waals surface area contributed by atoms with Crippen molar-refractivity contribution < 1.29 is 19.1 Å². The minimum absolute atomic E-state index is 0.215. The quantitative estimate of drug-likeness (QED) is 0.795. The SMILES string of the molecule is CCNC(=O)c1cccc(NC(=O)COC(=O)c2cccs2)c1. The van der Waals surface area contributed by atoms with Gasteiger partial charge in [-0.1, -0.05) is 12.1 Å². The van der Waals surface area contributed by atoms with E-state index in [4.69, 9.17) is 4.74 Å². The summed E-state index contributed by atoms with van der Waals surface area (Å²) in [6.07, 6.45) is 0. The van der Waals surface area contributed by atoms with Crippen LogP contribution in [0.4, 0.5) is 5.69 Å². The lowest BCUT2D eigenvalue weighted by Gasteiger charge is -2.08. The Labute approximate surface area is 137 Å². The van der Waals surface area contributed by atoms with Crippen LogP contribution in [0.1, 0.15) is 27.0 Å². The van der Waals surface area contributed by atoms with E-state index < -0.39 is 11.9 Å². The lowest BCUT2D eigenvalue weighted by molar-refractivity contribution is -0.119. The largest absolute Gasteiger partial charge is 0.451 e. The molecule has 6 nitrogen and oxygen atoms in total. The molecule has 0 aliphatic carbocycles. The summed E-state index contributed by atoms with van der Waals surface area (Å²) < 4.78 is 4.92. The number of carbonyl (C=O) groups is 3. The summed E-state index contributed by atoms with van der Waals surface area (Å²) in [5, 5.41) is 7.02. The molecule has 0 bridgehead atoms. The number of rotatable bonds is 6. The lowest BCUT2D eigenvalue weighted by atomic mass is 10.2. The van der Waals surface area contributed by atoms with Gasteiger partial charge < -0.3 is 15.4 Å². The third kappa shape index (κ3) is 4.93. The van der Waals surface area contributed by atoms with Crippen molar-refractivity contribution >= 4 is 34.8 Å². The summed E-state index contributed by atoms with van der Waals surface area (Å²) in [7, 11) is 0. The number of hydrogen-bond acceptors (Lipinski definition) is 5. The summed E-state index contributed by atoms with van der Waals surface area (Å²) in [5.41, 5.74) is 0.908. The Hall–Kier alpha value is -2.67. The molecular formula is C16H16N2O4S. The molecule has 0 saturated carbocycles. The van der Waals surface area contributed by atoms with Crippen LogP contribution in [0.25, 0.3) is 0 Å². The van der Waals surface area contributed by atoms with Crippen molar-refractivity contribution in [1.82, 2.24) is 5.32 Å². The molecule has 7 heteroatoms. The highest BCUT2D eigenvalue weighted by Gasteiger charge is 2.12. The van der Waals surface area contributed by atoms with Gasteiger partial charge in [0.25, 0.3) is 11.8 Å². The molecule has 2 rings (SSSR count). The Balaban J connectivity index is 1.89. The molecule has 1 heterocycles. The average molecular weight is 332 g/mol. The van der Waals surface area contributed by atoms with E-state index in [2.05, 4.69) is 10.6 Å². The van der Waals surface area contributed by atoms with Gasteiger partial charge in [0, 0.05) is 17.8 Å². The molecular weight excluding hydrogens is 316 g/mol. The maximum absolute atomic E-state index is 11.8. The van der Waals surface area contributed by atoms with Crippen LogP contribution in [0.2, 0.25) is 0 Å². The van der Waals surface area contributed by atoms with Gasteiger partial charge in [-0.3, -0.25) is 9.59 Å². The predicted octanol–water partition coefficient (Wildman–Crippen LogP) is 2.29. The van der Waals surface area contributed by atoms with E-state index in [1.165, 1.54) is 11.3 Å². The minimum Gasteiger partial charge on any atom is -0.451 e. The molecule has 2 N–H and O–H groups in total. The van der Waals surface area contributed by atoms with Crippen LogP contribution < -0.4 is 10.6 Å². The third-order valence-electron chi connectivity index (χ3n) is 2.80. The highest BCUT2D eigenvalue weighted by molar-refractivity contribution is 7.11. The number of esters is 1. The maximum atomic E-state index is 11.8. The van der Waals surface area contributed by atoms with Crippen molar-refractivity contribution in [2.24, 2.45) is 0 Å². The second-order valence-corrected chi connectivity index (χ2v) is 5.49. The van der Waals surface area contributed by atoms with Crippen molar-refractivity contribution in [3.8, 4) is 0 Å². The van der Waals surface area contributed by atoms with Gasteiger partial charge in [0.15, 0.2) is 6.61 Å². The molecule has 0 unspecified atom stereocenters. The zero-order chi connectivity index (χ0) is 16.7. The molecule has 0 atom stereocenters. The second kappa shape index (κ2) is 8.09. The minimum atomic E-state index is -0.536. The first-order valence-corrected chi connectivity index (χ1v) is 7.87. The van der Waals surface area contributed by atoms with Gasteiger partial charge in [0.1, 0.15) is 4.88 Å². The fourth-order valence-electron chi connectivity index (χ4n) is 1.79. The van der Waals surface area contributed by atoms with Gasteiger partial charge in [-0.25, -0.2) is 4.79 Å². The zero-order valence-electron chi connectivity index (χ0n) is 12.5. The molecule has 0 spiro atoms. The van der Waals surface area contributed by atoms with Crippen molar-refractivity contribution in [1.29, 1.82) is 0 Å². The van der Waals surface area contributed by atoms with E-state index in [9.17, 15) is 14.4 Å². The fraction of sp³-hybridized carbons (Fsp3) is 0.188. The standard InChI is InChI=1S/C16H16N2O4S/c1-2-17-15(20)11-5-3-6-12(9-11)18-14(19)10-22-16(21)13-7-4-8-23-13/h3-9H,2,10H2,1H3,(H,17,20)(H,18,19). The fourth-order valence-corrected chi connectivity index (χ4v) is 2.41. The Morgan fingerprint density at radius 1 is 1.17 bits per heavy atom. The van der Waals surface area contributed by atoms with Gasteiger partial charge in [0.05, 0.1) is 0 Å². The van der Waals surface area contributed by atoms with Gasteiger partial charge in [-0.15, -0.1) is 11.3 Å². The van der Waals surface area contributed by atoms with Gasteiger partial charge >= 0.3 is 5.97 Å². The Bertz CT molecular complexity index is 698. The Kier molecular flexibility index (Phi) is 5.87. The molecule has 120 valence electrons. The van der Waals surface area contributed by atoms with Crippen LogP contribution in [0.5, 0.6) is 0 Å². The summed E-state index contributed by atoms with van der Waals surface area (Å²) in [5.74, 6) is -1.22. The van der Waals surface area contributed by atoms with Crippen LogP contribution in [-0.2, 0) is 9.53 Å². The van der Waals surface area contributed by atoms with Crippen molar-refractivity contribution in [2.45, 2.75) is 6.92 Å².